The third-order valence-electron chi connectivity index (χ3n) is 6.46. The molecule has 12 heteroatoms. The molecule has 0 radical (unpaired) electrons. The number of halogens is 2. The van der Waals surface area contributed by atoms with Gasteiger partial charge in [-0.1, -0.05) is 11.6 Å². The van der Waals surface area contributed by atoms with Gasteiger partial charge in [0.25, 0.3) is 5.91 Å². The third kappa shape index (κ3) is 7.68. The predicted octanol–water partition coefficient (Wildman–Crippen LogP) is 4.69. The van der Waals surface area contributed by atoms with Gasteiger partial charge in [-0.15, -0.1) is 0 Å². The molecule has 0 spiro atoms. The maximum Gasteiger partial charge on any atom is 0.511 e. The highest BCUT2D eigenvalue weighted by Gasteiger charge is 2.32. The Kier molecular flexibility index (Phi) is 9.72. The summed E-state index contributed by atoms with van der Waals surface area (Å²) in [6.07, 6.45) is -0.901. The van der Waals surface area contributed by atoms with Crippen LogP contribution in [0.3, 0.4) is 0 Å². The van der Waals surface area contributed by atoms with E-state index >= 15 is 0 Å². The molecule has 1 saturated heterocycles. The predicted molar refractivity (Wildman–Crippen MR) is 145 cm³/mol. The van der Waals surface area contributed by atoms with Crippen molar-refractivity contribution in [3.63, 3.8) is 0 Å². The van der Waals surface area contributed by atoms with Crippen LogP contribution in [0.4, 0.5) is 9.18 Å². The monoisotopic (exact) mass is 591 g/mol. The summed E-state index contributed by atoms with van der Waals surface area (Å²) < 4.78 is 39.6. The molecule has 1 amide bonds. The van der Waals surface area contributed by atoms with Gasteiger partial charge in [0.05, 0.1) is 17.0 Å². The summed E-state index contributed by atoms with van der Waals surface area (Å²) in [5, 5.41) is 10.4. The molecule has 2 aromatic rings. The number of ether oxygens (including phenoxy) is 5. The van der Waals surface area contributed by atoms with E-state index in [1.54, 1.807) is 39.0 Å². The number of nitrogens with zero attached hydrogens (tertiary/aromatic N) is 1. The van der Waals surface area contributed by atoms with Gasteiger partial charge in [-0.3, -0.25) is 9.59 Å². The number of carbonyl (C=O) groups excluding carboxylic acids is 3. The van der Waals surface area contributed by atoms with E-state index in [9.17, 15) is 23.9 Å². The van der Waals surface area contributed by atoms with Gasteiger partial charge < -0.3 is 33.7 Å². The Morgan fingerprint density at radius 3 is 2.61 bits per heavy atom. The van der Waals surface area contributed by atoms with Crippen molar-refractivity contribution in [1.82, 2.24) is 4.90 Å². The summed E-state index contributed by atoms with van der Waals surface area (Å²) in [5.41, 5.74) is 1.69. The van der Waals surface area contributed by atoms with Crippen LogP contribution in [0.5, 0.6) is 11.5 Å². The number of aliphatic hydroxyl groups is 1. The Hall–Kier alpha value is -3.83. The number of aliphatic hydroxyl groups excluding tert-OH is 1. The zero-order valence-electron chi connectivity index (χ0n) is 22.8. The summed E-state index contributed by atoms with van der Waals surface area (Å²) in [7, 11) is 0. The Bertz CT molecular complexity index is 1330. The van der Waals surface area contributed by atoms with E-state index in [-0.39, 0.29) is 23.6 Å². The maximum absolute atomic E-state index is 13.6. The van der Waals surface area contributed by atoms with Crippen molar-refractivity contribution in [3.8, 4) is 11.5 Å². The fourth-order valence-corrected chi connectivity index (χ4v) is 4.87. The first-order valence-electron chi connectivity index (χ1n) is 13.1. The van der Waals surface area contributed by atoms with E-state index in [4.69, 9.17) is 35.3 Å². The molecule has 10 nitrogen and oxygen atoms in total. The molecular weight excluding hydrogens is 561 g/mol. The summed E-state index contributed by atoms with van der Waals surface area (Å²) in [4.78, 5) is 38.6. The molecule has 2 aliphatic heterocycles. The lowest BCUT2D eigenvalue weighted by molar-refractivity contribution is -0.161. The first-order valence-corrected chi connectivity index (χ1v) is 13.5. The smallest absolute Gasteiger partial charge is 0.481 e. The van der Waals surface area contributed by atoms with E-state index in [1.165, 1.54) is 29.2 Å². The van der Waals surface area contributed by atoms with Crippen molar-refractivity contribution < 1.29 is 47.6 Å². The van der Waals surface area contributed by atoms with E-state index in [2.05, 4.69) is 0 Å². The lowest BCUT2D eigenvalue weighted by Crippen LogP contribution is -2.47. The van der Waals surface area contributed by atoms with Crippen molar-refractivity contribution in [1.29, 1.82) is 0 Å². The van der Waals surface area contributed by atoms with E-state index < -0.39 is 43.0 Å². The maximum atomic E-state index is 13.6. The SMILES string of the molecule is CC(C)OC(=O)OCOC(=O)[C@H]1CCCN(C(=O)[C@@H](C)Oc2ccc3c(c2)OC(O)C=C3c2ccc(F)cc2Cl)C1. The zero-order chi connectivity index (χ0) is 29.7. The van der Waals surface area contributed by atoms with Gasteiger partial charge in [-0.05, 0) is 75.6 Å². The third-order valence-corrected chi connectivity index (χ3v) is 6.77. The number of benzene rings is 2. The number of piperidine rings is 1. The highest BCUT2D eigenvalue weighted by atomic mass is 35.5. The van der Waals surface area contributed by atoms with Gasteiger partial charge in [0.2, 0.25) is 13.1 Å². The molecule has 1 fully saturated rings. The number of likely N-dealkylation sites (tertiary alicyclic amines) is 1. The summed E-state index contributed by atoms with van der Waals surface area (Å²) in [5.74, 6) is -1.34. The number of rotatable bonds is 8. The summed E-state index contributed by atoms with van der Waals surface area (Å²) >= 11 is 6.25. The van der Waals surface area contributed by atoms with Crippen LogP contribution in [0.15, 0.2) is 42.5 Å². The summed E-state index contributed by atoms with van der Waals surface area (Å²) in [6.45, 7) is 4.92. The van der Waals surface area contributed by atoms with Gasteiger partial charge >= 0.3 is 12.1 Å². The molecule has 41 heavy (non-hydrogen) atoms. The standard InChI is InChI=1S/C29H31ClFNO9/c1-16(2)39-29(36)38-15-37-28(35)18-5-4-10-32(14-18)27(34)17(3)40-20-7-9-22-23(13-26(33)41-25(22)12-20)21-8-6-19(31)11-24(21)30/h6-9,11-13,16-18,26,33H,4-5,10,14-15H2,1-3H3/t17-,18+,26?/m1/s1. The number of hydrogen-bond acceptors (Lipinski definition) is 9. The zero-order valence-corrected chi connectivity index (χ0v) is 23.6. The minimum atomic E-state index is -1.27. The van der Waals surface area contributed by atoms with Crippen LogP contribution < -0.4 is 9.47 Å². The number of hydrogen-bond donors (Lipinski definition) is 1. The minimum absolute atomic E-state index is 0.133. The average Bonchev–Trinajstić information content (AvgIpc) is 2.91. The van der Waals surface area contributed by atoms with Crippen molar-refractivity contribution in [2.75, 3.05) is 19.9 Å². The van der Waals surface area contributed by atoms with E-state index in [0.717, 1.165) is 0 Å². The quantitative estimate of drug-likeness (QED) is 0.344. The second-order valence-corrected chi connectivity index (χ2v) is 10.3. The second-order valence-electron chi connectivity index (χ2n) is 9.90. The van der Waals surface area contributed by atoms with Gasteiger partial charge in [-0.2, -0.15) is 0 Å². The largest absolute Gasteiger partial charge is 0.511 e. The molecule has 0 aliphatic carbocycles. The highest BCUT2D eigenvalue weighted by molar-refractivity contribution is 6.32. The average molecular weight is 592 g/mol. The molecule has 2 aliphatic rings. The summed E-state index contributed by atoms with van der Waals surface area (Å²) in [6, 6.07) is 8.88. The van der Waals surface area contributed by atoms with Crippen LogP contribution in [-0.2, 0) is 23.8 Å². The Morgan fingerprint density at radius 1 is 1.12 bits per heavy atom. The fraction of sp³-hybridized carbons (Fsp3) is 0.414. The molecule has 2 aromatic carbocycles. The molecule has 1 N–H and O–H groups in total. The van der Waals surface area contributed by atoms with Gasteiger partial charge in [0, 0.05) is 30.3 Å². The first-order chi connectivity index (χ1) is 19.5. The normalized spacial score (nSPS) is 18.9. The molecule has 0 bridgehead atoms. The molecule has 0 saturated carbocycles. The molecule has 4 rings (SSSR count). The van der Waals surface area contributed by atoms with Gasteiger partial charge in [-0.25, -0.2) is 9.18 Å². The molecule has 1 unspecified atom stereocenters. The lowest BCUT2D eigenvalue weighted by Gasteiger charge is -2.33. The van der Waals surface area contributed by atoms with Crippen LogP contribution in [0.25, 0.3) is 5.57 Å². The molecule has 0 aromatic heterocycles. The second kappa shape index (κ2) is 13.2. The van der Waals surface area contributed by atoms with Crippen molar-refractivity contribution in [3.05, 3.63) is 64.4 Å². The number of esters is 1. The Balaban J connectivity index is 1.36. The molecule has 3 atom stereocenters. The van der Waals surface area contributed by atoms with Crippen molar-refractivity contribution >= 4 is 35.2 Å². The first kappa shape index (κ1) is 30.1. The van der Waals surface area contributed by atoms with Crippen LogP contribution >= 0.6 is 11.6 Å². The van der Waals surface area contributed by atoms with Crippen LogP contribution in [0.2, 0.25) is 5.02 Å². The van der Waals surface area contributed by atoms with Gasteiger partial charge in [0.1, 0.15) is 17.3 Å². The minimum Gasteiger partial charge on any atom is -0.481 e. The van der Waals surface area contributed by atoms with Crippen LogP contribution in [0.1, 0.15) is 44.7 Å². The molecular formula is C29H31ClFNO9. The van der Waals surface area contributed by atoms with Crippen molar-refractivity contribution in [2.45, 2.75) is 52.1 Å². The Labute approximate surface area is 241 Å². The van der Waals surface area contributed by atoms with E-state index in [1.807, 2.05) is 0 Å². The van der Waals surface area contributed by atoms with Crippen molar-refractivity contribution in [2.24, 2.45) is 5.92 Å². The van der Waals surface area contributed by atoms with Crippen LogP contribution in [-0.4, -0.2) is 66.4 Å². The lowest BCUT2D eigenvalue weighted by atomic mass is 9.95. The fourth-order valence-electron chi connectivity index (χ4n) is 4.60. The van der Waals surface area contributed by atoms with Gasteiger partial charge in [0.15, 0.2) is 6.10 Å². The number of amides is 1. The number of fused-ring (bicyclic) bond motifs is 1. The molecule has 2 heterocycles. The van der Waals surface area contributed by atoms with Crippen LogP contribution in [0, 0.1) is 11.7 Å². The van der Waals surface area contributed by atoms with E-state index in [0.29, 0.717) is 47.6 Å². The highest BCUT2D eigenvalue weighted by Crippen LogP contribution is 2.40. The molecule has 220 valence electrons. The topological polar surface area (TPSA) is 121 Å². The Morgan fingerprint density at radius 2 is 1.88 bits per heavy atom. The number of carbonyl (C=O) groups is 3.